The number of halogens is 1. The van der Waals surface area contributed by atoms with Crippen molar-refractivity contribution in [1.29, 1.82) is 0 Å². The predicted octanol–water partition coefficient (Wildman–Crippen LogP) is 3.23. The molecule has 0 spiro atoms. The summed E-state index contributed by atoms with van der Waals surface area (Å²) in [6.45, 7) is -0.714. The first kappa shape index (κ1) is 29.5. The minimum atomic E-state index is -4.84. The molecule has 40 heavy (non-hydrogen) atoms. The van der Waals surface area contributed by atoms with E-state index in [-0.39, 0.29) is 10.9 Å². The fourth-order valence-electron chi connectivity index (χ4n) is 5.13. The van der Waals surface area contributed by atoms with Crippen LogP contribution in [0.3, 0.4) is 0 Å². The minimum Gasteiger partial charge on any atom is -0.387 e. The molecular formula is C23H30ClN5O9P2. The molecule has 2 aliphatic rings. The van der Waals surface area contributed by atoms with Gasteiger partial charge in [-0.2, -0.15) is 9.97 Å². The van der Waals surface area contributed by atoms with E-state index in [1.807, 2.05) is 12.1 Å². The quantitative estimate of drug-likeness (QED) is 0.151. The molecule has 14 nitrogen and oxygen atoms in total. The minimum absolute atomic E-state index is 0.109. The van der Waals surface area contributed by atoms with Gasteiger partial charge in [0.1, 0.15) is 18.3 Å². The van der Waals surface area contributed by atoms with E-state index < -0.39 is 52.2 Å². The SMILES string of the molecule is O=P(O)(O)CP(=O)(O)OC[C@H]1O[C@@H](n2cnc3c(Nc4ccc(C5CCCCC5)cc4)nc(Cl)nc32)C(O)[C@H]1O. The van der Waals surface area contributed by atoms with Crippen molar-refractivity contribution < 1.29 is 43.3 Å². The van der Waals surface area contributed by atoms with Crippen molar-refractivity contribution in [2.24, 2.45) is 0 Å². The fraction of sp³-hybridized carbons (Fsp3) is 0.522. The van der Waals surface area contributed by atoms with Crippen LogP contribution in [0.4, 0.5) is 11.5 Å². The Morgan fingerprint density at radius 2 is 1.75 bits per heavy atom. The van der Waals surface area contributed by atoms with Crippen molar-refractivity contribution in [2.75, 3.05) is 17.8 Å². The second-order valence-electron chi connectivity index (χ2n) is 10.0. The van der Waals surface area contributed by atoms with Gasteiger partial charge in [-0.25, -0.2) is 4.98 Å². The first-order chi connectivity index (χ1) is 18.9. The van der Waals surface area contributed by atoms with Crippen LogP contribution in [0.2, 0.25) is 5.28 Å². The second kappa shape index (κ2) is 11.7. The van der Waals surface area contributed by atoms with E-state index in [1.54, 1.807) is 0 Å². The molecule has 1 aromatic carbocycles. The van der Waals surface area contributed by atoms with Crippen molar-refractivity contribution in [3.8, 4) is 0 Å². The zero-order chi connectivity index (χ0) is 28.7. The predicted molar refractivity (Wildman–Crippen MR) is 144 cm³/mol. The Hall–Kier alpha value is -1.96. The van der Waals surface area contributed by atoms with Gasteiger partial charge in [-0.05, 0) is 48.1 Å². The Morgan fingerprint density at radius 1 is 1.05 bits per heavy atom. The number of ether oxygens (including phenoxy) is 1. The molecule has 6 N–H and O–H groups in total. The normalized spacial score (nSPS) is 25.8. The first-order valence-corrected chi connectivity index (χ1v) is 16.6. The van der Waals surface area contributed by atoms with Gasteiger partial charge in [-0.1, -0.05) is 31.4 Å². The highest BCUT2D eigenvalue weighted by molar-refractivity contribution is 7.70. The van der Waals surface area contributed by atoms with Gasteiger partial charge < -0.3 is 39.5 Å². The standard InChI is InChI=1S/C23H30ClN5O9P2/c24-23-27-20(26-15-8-6-14(7-9-15)13-4-2-1-3-5-13)17-21(28-23)29(11-25-17)22-19(31)18(30)16(38-22)10-37-40(35,36)12-39(32,33)34/h6-9,11,13,16,18-19,22,30-31H,1-5,10,12H2,(H,35,36)(H,26,27,28)(H2,32,33,34)/t16-,18+,19?,22-/m1/s1. The number of rotatable bonds is 9. The average molecular weight is 618 g/mol. The summed E-state index contributed by atoms with van der Waals surface area (Å²) in [6.07, 6.45) is 1.86. The van der Waals surface area contributed by atoms with Gasteiger partial charge in [0, 0.05) is 5.69 Å². The molecule has 2 aromatic heterocycles. The highest BCUT2D eigenvalue weighted by Crippen LogP contribution is 2.55. The number of hydrogen-bond acceptors (Lipinski definition) is 10. The van der Waals surface area contributed by atoms with Gasteiger partial charge in [0.25, 0.3) is 0 Å². The Morgan fingerprint density at radius 3 is 2.42 bits per heavy atom. The monoisotopic (exact) mass is 617 g/mol. The summed E-state index contributed by atoms with van der Waals surface area (Å²) >= 11 is 6.20. The van der Waals surface area contributed by atoms with Crippen LogP contribution in [-0.2, 0) is 18.4 Å². The first-order valence-electron chi connectivity index (χ1n) is 12.7. The molecule has 5 rings (SSSR count). The molecular weight excluding hydrogens is 588 g/mol. The van der Waals surface area contributed by atoms with Crippen molar-refractivity contribution in [2.45, 2.75) is 62.6 Å². The number of anilines is 2. The molecule has 218 valence electrons. The van der Waals surface area contributed by atoms with Crippen LogP contribution in [0, 0.1) is 0 Å². The van der Waals surface area contributed by atoms with Crippen molar-refractivity contribution in [1.82, 2.24) is 19.5 Å². The number of hydrogen-bond donors (Lipinski definition) is 6. The summed E-state index contributed by atoms with van der Waals surface area (Å²) in [7, 11) is -9.53. The molecule has 0 radical (unpaired) electrons. The number of aromatic nitrogens is 4. The van der Waals surface area contributed by atoms with Gasteiger partial charge in [-0.15, -0.1) is 0 Å². The summed E-state index contributed by atoms with van der Waals surface area (Å²) < 4.78 is 34.8. The lowest BCUT2D eigenvalue weighted by Gasteiger charge is -2.22. The van der Waals surface area contributed by atoms with Crippen LogP contribution in [0.1, 0.15) is 49.8 Å². The van der Waals surface area contributed by atoms with E-state index in [9.17, 15) is 24.2 Å². The topological polar surface area (TPSA) is 209 Å². The molecule has 1 aliphatic heterocycles. The molecule has 0 amide bonds. The maximum Gasteiger partial charge on any atom is 0.340 e. The maximum absolute atomic E-state index is 12.0. The summed E-state index contributed by atoms with van der Waals surface area (Å²) in [5.41, 5.74) is 2.56. The van der Waals surface area contributed by atoms with Gasteiger partial charge in [0.05, 0.1) is 12.9 Å². The molecule has 17 heteroatoms. The third kappa shape index (κ3) is 6.74. The zero-order valence-corrected chi connectivity index (χ0v) is 23.7. The Kier molecular flexibility index (Phi) is 8.66. The highest BCUT2D eigenvalue weighted by Gasteiger charge is 2.45. The van der Waals surface area contributed by atoms with Crippen molar-refractivity contribution >= 4 is 49.5 Å². The van der Waals surface area contributed by atoms with Crippen LogP contribution in [0.15, 0.2) is 30.6 Å². The molecule has 1 saturated heterocycles. The van der Waals surface area contributed by atoms with Crippen LogP contribution in [0.5, 0.6) is 0 Å². The van der Waals surface area contributed by atoms with Crippen LogP contribution >= 0.6 is 26.8 Å². The number of nitrogens with one attached hydrogen (secondary N) is 1. The van der Waals surface area contributed by atoms with E-state index >= 15 is 0 Å². The number of fused-ring (bicyclic) bond motifs is 1. The number of imidazole rings is 1. The lowest BCUT2D eigenvalue weighted by molar-refractivity contribution is -0.0483. The van der Waals surface area contributed by atoms with E-state index in [1.165, 1.54) is 48.6 Å². The van der Waals surface area contributed by atoms with Gasteiger partial charge >= 0.3 is 15.2 Å². The Labute approximate surface area is 234 Å². The highest BCUT2D eigenvalue weighted by atomic mass is 35.5. The van der Waals surface area contributed by atoms with Crippen LogP contribution < -0.4 is 5.32 Å². The molecule has 3 heterocycles. The number of nitrogens with zero attached hydrogens (tertiary/aromatic N) is 4. The molecule has 5 atom stereocenters. The van der Waals surface area contributed by atoms with E-state index in [0.717, 1.165) is 5.69 Å². The smallest absolute Gasteiger partial charge is 0.340 e. The average Bonchev–Trinajstić information content (AvgIpc) is 3.43. The summed E-state index contributed by atoms with van der Waals surface area (Å²) in [5, 5.41) is 24.2. The van der Waals surface area contributed by atoms with Crippen molar-refractivity contribution in [3.63, 3.8) is 0 Å². The van der Waals surface area contributed by atoms with Crippen molar-refractivity contribution in [3.05, 3.63) is 41.4 Å². The molecule has 0 bridgehead atoms. The maximum atomic E-state index is 12.0. The lowest BCUT2D eigenvalue weighted by Crippen LogP contribution is -2.33. The molecule has 2 unspecified atom stereocenters. The molecule has 2 fully saturated rings. The number of aliphatic hydroxyl groups is 2. The van der Waals surface area contributed by atoms with E-state index in [2.05, 4.69) is 32.4 Å². The molecule has 3 aromatic rings. The van der Waals surface area contributed by atoms with E-state index in [0.29, 0.717) is 17.3 Å². The summed E-state index contributed by atoms with van der Waals surface area (Å²) in [6, 6.07) is 8.10. The lowest BCUT2D eigenvalue weighted by atomic mass is 9.84. The largest absolute Gasteiger partial charge is 0.387 e. The van der Waals surface area contributed by atoms with Crippen LogP contribution in [-0.4, -0.2) is 75.2 Å². The van der Waals surface area contributed by atoms with Crippen LogP contribution in [0.25, 0.3) is 11.2 Å². The van der Waals surface area contributed by atoms with Gasteiger partial charge in [-0.3, -0.25) is 13.7 Å². The third-order valence-electron chi connectivity index (χ3n) is 7.06. The fourth-order valence-corrected chi connectivity index (χ4v) is 7.87. The Balaban J connectivity index is 1.33. The second-order valence-corrected chi connectivity index (χ2v) is 14.4. The Bertz CT molecular complexity index is 1450. The number of benzene rings is 1. The summed E-state index contributed by atoms with van der Waals surface area (Å²) in [4.78, 5) is 40.4. The third-order valence-corrected chi connectivity index (χ3v) is 10.7. The molecule has 1 saturated carbocycles. The zero-order valence-electron chi connectivity index (χ0n) is 21.2. The summed E-state index contributed by atoms with van der Waals surface area (Å²) in [5.74, 6) is -0.516. The number of aliphatic hydroxyl groups excluding tert-OH is 2. The van der Waals surface area contributed by atoms with Gasteiger partial charge in [0.15, 0.2) is 29.1 Å². The van der Waals surface area contributed by atoms with Gasteiger partial charge in [0.2, 0.25) is 5.28 Å². The molecule has 1 aliphatic carbocycles. The van der Waals surface area contributed by atoms with E-state index in [4.69, 9.17) is 30.6 Å².